The molecule has 0 aliphatic carbocycles. The molecule has 33 heavy (non-hydrogen) atoms. The van der Waals surface area contributed by atoms with Crippen LogP contribution >= 0.6 is 23.3 Å². The molecule has 0 saturated carbocycles. The Labute approximate surface area is 200 Å². The zero-order valence-corrected chi connectivity index (χ0v) is 20.7. The van der Waals surface area contributed by atoms with Crippen molar-refractivity contribution in [1.82, 2.24) is 29.7 Å². The monoisotopic (exact) mass is 483 g/mol. The fraction of sp³-hybridized carbons (Fsp3) is 0.318. The second-order valence-electron chi connectivity index (χ2n) is 7.40. The lowest BCUT2D eigenvalue weighted by Crippen LogP contribution is -2.11. The minimum Gasteiger partial charge on any atom is -0.494 e. The van der Waals surface area contributed by atoms with Gasteiger partial charge in [0.15, 0.2) is 10.8 Å². The van der Waals surface area contributed by atoms with Gasteiger partial charge in [-0.1, -0.05) is 13.0 Å². The van der Waals surface area contributed by atoms with E-state index in [0.717, 1.165) is 22.1 Å². The molecule has 1 unspecified atom stereocenters. The first kappa shape index (κ1) is 23.0. The van der Waals surface area contributed by atoms with Crippen LogP contribution in [0.1, 0.15) is 24.0 Å². The summed E-state index contributed by atoms with van der Waals surface area (Å²) >= 11 is 3.04. The number of aryl methyl sites for hydroxylation is 2. The Morgan fingerprint density at radius 3 is 2.39 bits per heavy atom. The van der Waals surface area contributed by atoms with Crippen LogP contribution in [0.25, 0.3) is 16.5 Å². The lowest BCUT2D eigenvalue weighted by molar-refractivity contribution is 0.391. The van der Waals surface area contributed by atoms with Crippen LogP contribution in [0.15, 0.2) is 36.0 Å². The third kappa shape index (κ3) is 5.09. The van der Waals surface area contributed by atoms with Crippen molar-refractivity contribution in [2.75, 3.05) is 18.9 Å². The molecule has 0 spiro atoms. The summed E-state index contributed by atoms with van der Waals surface area (Å²) in [6.45, 7) is 6.04. The molecule has 1 N–H and O–H groups in total. The minimum absolute atomic E-state index is 0.183. The van der Waals surface area contributed by atoms with E-state index in [0.29, 0.717) is 35.4 Å². The molecule has 0 fully saturated rings. The molecule has 0 radical (unpaired) electrons. The van der Waals surface area contributed by atoms with Gasteiger partial charge in [0.05, 0.1) is 14.2 Å². The van der Waals surface area contributed by atoms with Gasteiger partial charge in [0.2, 0.25) is 5.95 Å². The molecule has 172 valence electrons. The summed E-state index contributed by atoms with van der Waals surface area (Å²) < 4.78 is 16.6. The fourth-order valence-corrected chi connectivity index (χ4v) is 4.63. The number of benzene rings is 1. The summed E-state index contributed by atoms with van der Waals surface area (Å²) in [7, 11) is 3.25. The van der Waals surface area contributed by atoms with E-state index in [1.807, 2.05) is 54.4 Å². The summed E-state index contributed by atoms with van der Waals surface area (Å²) in [6, 6.07) is 5.64. The molecule has 1 atom stereocenters. The average molecular weight is 484 g/mol. The van der Waals surface area contributed by atoms with Gasteiger partial charge in [-0.15, -0.1) is 21.5 Å². The van der Waals surface area contributed by atoms with Crippen LogP contribution in [0.3, 0.4) is 0 Å². The van der Waals surface area contributed by atoms with Crippen LogP contribution in [0.5, 0.6) is 11.5 Å². The van der Waals surface area contributed by atoms with Gasteiger partial charge in [0, 0.05) is 35.1 Å². The van der Waals surface area contributed by atoms with E-state index in [4.69, 9.17) is 9.47 Å². The Hall–Kier alpha value is -3.18. The van der Waals surface area contributed by atoms with E-state index in [-0.39, 0.29) is 5.25 Å². The lowest BCUT2D eigenvalue weighted by atomic mass is 10.2. The summed E-state index contributed by atoms with van der Waals surface area (Å²) in [5.41, 5.74) is 2.67. The molecule has 4 rings (SSSR count). The summed E-state index contributed by atoms with van der Waals surface area (Å²) in [6.07, 6.45) is 4.38. The van der Waals surface area contributed by atoms with E-state index in [9.17, 15) is 0 Å². The number of thiazole rings is 1. The van der Waals surface area contributed by atoms with Gasteiger partial charge in [0.1, 0.15) is 23.0 Å². The molecule has 0 saturated heterocycles. The normalized spacial score (nSPS) is 11.9. The summed E-state index contributed by atoms with van der Waals surface area (Å²) in [5.74, 6) is 3.22. The molecule has 4 aromatic rings. The Bertz CT molecular complexity index is 1200. The molecule has 1 aromatic carbocycles. The quantitative estimate of drug-likeness (QED) is 0.345. The second-order valence-corrected chi connectivity index (χ2v) is 9.50. The van der Waals surface area contributed by atoms with E-state index >= 15 is 0 Å². The van der Waals surface area contributed by atoms with Crippen molar-refractivity contribution >= 4 is 29.2 Å². The number of ether oxygens (including phenoxy) is 2. The van der Waals surface area contributed by atoms with E-state index < -0.39 is 0 Å². The van der Waals surface area contributed by atoms with Crippen LogP contribution in [0.4, 0.5) is 5.95 Å². The molecule has 0 aliphatic rings. The maximum absolute atomic E-state index is 5.65. The highest BCUT2D eigenvalue weighted by atomic mass is 32.2. The largest absolute Gasteiger partial charge is 0.494 e. The topological polar surface area (TPSA) is 99.9 Å². The average Bonchev–Trinajstić information content (AvgIpc) is 3.44. The van der Waals surface area contributed by atoms with Crippen molar-refractivity contribution in [1.29, 1.82) is 0 Å². The van der Waals surface area contributed by atoms with Crippen molar-refractivity contribution in [3.05, 3.63) is 53.1 Å². The van der Waals surface area contributed by atoms with Gasteiger partial charge in [0.25, 0.3) is 0 Å². The number of para-hydroxylation sites is 1. The first-order valence-corrected chi connectivity index (χ1v) is 12.0. The first-order valence-electron chi connectivity index (χ1n) is 10.3. The number of hydrogen-bond donors (Lipinski definition) is 1. The van der Waals surface area contributed by atoms with Crippen molar-refractivity contribution in [3.63, 3.8) is 0 Å². The van der Waals surface area contributed by atoms with E-state index in [1.165, 1.54) is 23.3 Å². The zero-order chi connectivity index (χ0) is 23.4. The lowest BCUT2D eigenvalue weighted by Gasteiger charge is -2.17. The summed E-state index contributed by atoms with van der Waals surface area (Å²) in [4.78, 5) is 13.4. The second kappa shape index (κ2) is 10.2. The van der Waals surface area contributed by atoms with Crippen molar-refractivity contribution < 1.29 is 9.47 Å². The van der Waals surface area contributed by atoms with Gasteiger partial charge in [-0.2, -0.15) is 0 Å². The fourth-order valence-electron chi connectivity index (χ4n) is 3.19. The molecule has 3 aromatic heterocycles. The molecule has 3 heterocycles. The van der Waals surface area contributed by atoms with Crippen LogP contribution < -0.4 is 14.2 Å². The third-order valence-corrected chi connectivity index (χ3v) is 6.58. The molecular weight excluding hydrogens is 458 g/mol. The first-order chi connectivity index (χ1) is 16.0. The number of rotatable bonds is 9. The molecule has 9 nitrogen and oxygen atoms in total. The Kier molecular flexibility index (Phi) is 7.09. The summed E-state index contributed by atoms with van der Waals surface area (Å²) in [5, 5.41) is 11.8. The number of hydrogen-bond acceptors (Lipinski definition) is 10. The zero-order valence-electron chi connectivity index (χ0n) is 19.1. The number of aromatic nitrogens is 6. The van der Waals surface area contributed by atoms with Gasteiger partial charge < -0.3 is 9.47 Å². The standard InChI is InChI=1S/C22H25N7O2S2/c1-13-10-23-18(24-11-13)9-15(3)33-28-22-27-26-20(21-25-14(2)12-32-21)29(22)19-16(30-4)7-6-8-17(19)31-5/h6-8,10-12,15H,9H2,1-5H3,(H,27,28). The van der Waals surface area contributed by atoms with E-state index in [2.05, 4.69) is 36.8 Å². The third-order valence-electron chi connectivity index (χ3n) is 4.75. The number of nitrogens with one attached hydrogen (secondary N) is 1. The van der Waals surface area contributed by atoms with Gasteiger partial charge in [-0.05, 0) is 43.5 Å². The number of anilines is 1. The number of methoxy groups -OCH3 is 2. The Morgan fingerprint density at radius 1 is 1.09 bits per heavy atom. The van der Waals surface area contributed by atoms with Crippen molar-refractivity contribution in [3.8, 4) is 28.0 Å². The maximum Gasteiger partial charge on any atom is 0.239 e. The van der Waals surface area contributed by atoms with Gasteiger partial charge >= 0.3 is 0 Å². The molecule has 0 amide bonds. The Balaban J connectivity index is 1.68. The molecular formula is C22H25N7O2S2. The minimum atomic E-state index is 0.183. The predicted octanol–water partition coefficient (Wildman–Crippen LogP) is 4.51. The van der Waals surface area contributed by atoms with Crippen molar-refractivity contribution in [2.24, 2.45) is 0 Å². The highest BCUT2D eigenvalue weighted by Crippen LogP contribution is 2.38. The van der Waals surface area contributed by atoms with Crippen LogP contribution in [0.2, 0.25) is 0 Å². The number of nitrogens with zero attached hydrogens (tertiary/aromatic N) is 6. The van der Waals surface area contributed by atoms with Crippen LogP contribution in [-0.4, -0.2) is 49.2 Å². The van der Waals surface area contributed by atoms with Crippen molar-refractivity contribution in [2.45, 2.75) is 32.4 Å². The molecule has 0 bridgehead atoms. The smallest absolute Gasteiger partial charge is 0.239 e. The SMILES string of the molecule is COc1cccc(OC)c1-n1c(NSC(C)Cc2ncc(C)cn2)nnc1-c1nc(C)cs1. The highest BCUT2D eigenvalue weighted by molar-refractivity contribution is 8.01. The Morgan fingerprint density at radius 2 is 1.79 bits per heavy atom. The predicted molar refractivity (Wildman–Crippen MR) is 131 cm³/mol. The van der Waals surface area contributed by atoms with Gasteiger partial charge in [-0.3, -0.25) is 9.29 Å². The van der Waals surface area contributed by atoms with Crippen LogP contribution in [0, 0.1) is 13.8 Å². The highest BCUT2D eigenvalue weighted by Gasteiger charge is 2.24. The molecule has 0 aliphatic heterocycles. The van der Waals surface area contributed by atoms with E-state index in [1.54, 1.807) is 14.2 Å². The van der Waals surface area contributed by atoms with Gasteiger partial charge in [-0.25, -0.2) is 15.0 Å². The maximum atomic E-state index is 5.65. The molecule has 11 heteroatoms. The van der Waals surface area contributed by atoms with Crippen LogP contribution in [-0.2, 0) is 6.42 Å².